The molecular formula is C26H28N6O. The third kappa shape index (κ3) is 4.89. The summed E-state index contributed by atoms with van der Waals surface area (Å²) in [5, 5.41) is 13.5. The topological polar surface area (TPSA) is 91.7 Å². The standard InChI is InChI=1S/C26H28N6O/c27-25-21(17-32-18-23(29-26(32)30-25)22-6-1-2-7-24(22)33)5-3-4-19-8-10-20(11-9-19)16-31-14-12-28-13-15-31/h1-3,5-11,17-18,28,33H,4,12-16H2,(H2,27,29,30)/b5-3+. The highest BCUT2D eigenvalue weighted by molar-refractivity contribution is 5.69. The lowest BCUT2D eigenvalue weighted by Crippen LogP contribution is -2.42. The molecule has 0 radical (unpaired) electrons. The van der Waals surface area contributed by atoms with Crippen LogP contribution in [0.3, 0.4) is 0 Å². The molecule has 1 saturated heterocycles. The number of imidazole rings is 1. The van der Waals surface area contributed by atoms with Gasteiger partial charge in [0, 0.05) is 56.2 Å². The van der Waals surface area contributed by atoms with Crippen LogP contribution in [0.15, 0.2) is 67.0 Å². The van der Waals surface area contributed by atoms with E-state index in [4.69, 9.17) is 5.73 Å². The Morgan fingerprint density at radius 1 is 0.970 bits per heavy atom. The number of nitrogen functional groups attached to an aromatic ring is 1. The third-order valence-corrected chi connectivity index (χ3v) is 5.98. The van der Waals surface area contributed by atoms with Gasteiger partial charge >= 0.3 is 0 Å². The predicted molar refractivity (Wildman–Crippen MR) is 132 cm³/mol. The lowest BCUT2D eigenvalue weighted by molar-refractivity contribution is 0.233. The second-order valence-electron chi connectivity index (χ2n) is 8.38. The smallest absolute Gasteiger partial charge is 0.236 e. The molecule has 7 heteroatoms. The van der Waals surface area contributed by atoms with Crippen molar-refractivity contribution in [2.45, 2.75) is 13.0 Å². The molecule has 4 aromatic rings. The van der Waals surface area contributed by atoms with Gasteiger partial charge in [-0.15, -0.1) is 0 Å². The molecule has 2 aromatic carbocycles. The average Bonchev–Trinajstić information content (AvgIpc) is 3.23. The van der Waals surface area contributed by atoms with E-state index >= 15 is 0 Å². The number of piperazine rings is 1. The van der Waals surface area contributed by atoms with E-state index in [1.807, 2.05) is 35.0 Å². The number of hydrogen-bond acceptors (Lipinski definition) is 6. The largest absolute Gasteiger partial charge is 0.507 e. The van der Waals surface area contributed by atoms with Crippen molar-refractivity contribution in [1.82, 2.24) is 24.6 Å². The van der Waals surface area contributed by atoms with Gasteiger partial charge in [-0.05, 0) is 29.7 Å². The number of benzene rings is 2. The summed E-state index contributed by atoms with van der Waals surface area (Å²) in [4.78, 5) is 11.4. The summed E-state index contributed by atoms with van der Waals surface area (Å²) < 4.78 is 1.84. The van der Waals surface area contributed by atoms with E-state index in [9.17, 15) is 5.11 Å². The molecule has 5 rings (SSSR count). The minimum absolute atomic E-state index is 0.188. The number of nitrogens with zero attached hydrogens (tertiary/aromatic N) is 4. The van der Waals surface area contributed by atoms with Crippen LogP contribution >= 0.6 is 0 Å². The molecule has 0 spiro atoms. The van der Waals surface area contributed by atoms with Crippen molar-refractivity contribution in [2.24, 2.45) is 0 Å². The molecule has 7 nitrogen and oxygen atoms in total. The number of hydrogen-bond donors (Lipinski definition) is 3. The maximum Gasteiger partial charge on any atom is 0.236 e. The van der Waals surface area contributed by atoms with Crippen molar-refractivity contribution in [1.29, 1.82) is 0 Å². The zero-order chi connectivity index (χ0) is 22.6. The van der Waals surface area contributed by atoms with E-state index < -0.39 is 0 Å². The molecule has 1 fully saturated rings. The maximum atomic E-state index is 10.1. The molecule has 4 N–H and O–H groups in total. The molecule has 0 amide bonds. The quantitative estimate of drug-likeness (QED) is 0.426. The number of aromatic nitrogens is 3. The summed E-state index contributed by atoms with van der Waals surface area (Å²) in [6.45, 7) is 5.36. The first-order valence-electron chi connectivity index (χ1n) is 11.3. The van der Waals surface area contributed by atoms with Gasteiger partial charge in [-0.25, -0.2) is 4.98 Å². The van der Waals surface area contributed by atoms with Crippen molar-refractivity contribution in [3.05, 3.63) is 83.7 Å². The number of phenolic OH excluding ortho intramolecular Hbond substituents is 1. The van der Waals surface area contributed by atoms with Crippen LogP contribution in [-0.2, 0) is 13.0 Å². The van der Waals surface area contributed by atoms with Gasteiger partial charge in [-0.3, -0.25) is 9.30 Å². The Balaban J connectivity index is 1.27. The second kappa shape index (κ2) is 9.44. The molecule has 0 saturated carbocycles. The van der Waals surface area contributed by atoms with Gasteiger partial charge in [0.2, 0.25) is 5.78 Å². The maximum absolute atomic E-state index is 10.1. The Labute approximate surface area is 193 Å². The first kappa shape index (κ1) is 21.2. The average molecular weight is 441 g/mol. The molecule has 0 unspecified atom stereocenters. The van der Waals surface area contributed by atoms with E-state index in [2.05, 4.69) is 50.5 Å². The molecule has 1 aliphatic rings. The van der Waals surface area contributed by atoms with E-state index in [1.165, 1.54) is 11.1 Å². The third-order valence-electron chi connectivity index (χ3n) is 5.98. The predicted octanol–water partition coefficient (Wildman–Crippen LogP) is 3.35. The SMILES string of the molecule is Nc1nc2nc(-c3ccccc3O)cn2cc1/C=C/Cc1ccc(CN2CCNCC2)cc1. The van der Waals surface area contributed by atoms with Gasteiger partial charge in [0.25, 0.3) is 0 Å². The molecule has 0 atom stereocenters. The summed E-state index contributed by atoms with van der Waals surface area (Å²) in [7, 11) is 0. The Hall–Kier alpha value is -3.68. The number of anilines is 1. The molecular weight excluding hydrogens is 412 g/mol. The lowest BCUT2D eigenvalue weighted by atomic mass is 10.1. The van der Waals surface area contributed by atoms with Crippen LogP contribution < -0.4 is 11.1 Å². The Morgan fingerprint density at radius 3 is 2.52 bits per heavy atom. The number of allylic oxidation sites excluding steroid dienone is 1. The van der Waals surface area contributed by atoms with E-state index in [0.717, 1.165) is 44.7 Å². The summed E-state index contributed by atoms with van der Waals surface area (Å²) in [6.07, 6.45) is 8.69. The number of fused-ring (bicyclic) bond motifs is 1. The van der Waals surface area contributed by atoms with E-state index in [0.29, 0.717) is 22.9 Å². The second-order valence-corrected chi connectivity index (χ2v) is 8.38. The van der Waals surface area contributed by atoms with Crippen LogP contribution in [0, 0.1) is 0 Å². The Bertz CT molecular complexity index is 1270. The van der Waals surface area contributed by atoms with Gasteiger partial charge in [0.1, 0.15) is 11.6 Å². The fourth-order valence-corrected chi connectivity index (χ4v) is 4.13. The van der Waals surface area contributed by atoms with E-state index in [1.54, 1.807) is 12.1 Å². The van der Waals surface area contributed by atoms with Gasteiger partial charge in [-0.1, -0.05) is 48.6 Å². The van der Waals surface area contributed by atoms with Crippen LogP contribution in [0.4, 0.5) is 5.82 Å². The zero-order valence-electron chi connectivity index (χ0n) is 18.5. The van der Waals surface area contributed by atoms with Gasteiger partial charge < -0.3 is 16.2 Å². The highest BCUT2D eigenvalue weighted by Gasteiger charge is 2.11. The van der Waals surface area contributed by atoms with Gasteiger partial charge in [0.05, 0.1) is 5.69 Å². The summed E-state index contributed by atoms with van der Waals surface area (Å²) in [5.74, 6) is 1.12. The molecule has 2 aromatic heterocycles. The lowest BCUT2D eigenvalue weighted by Gasteiger charge is -2.27. The fraction of sp³-hybridized carbons (Fsp3) is 0.231. The first-order chi connectivity index (χ1) is 16.2. The number of aromatic hydroxyl groups is 1. The molecule has 1 aliphatic heterocycles. The van der Waals surface area contributed by atoms with Crippen molar-refractivity contribution in [2.75, 3.05) is 31.9 Å². The van der Waals surface area contributed by atoms with Crippen molar-refractivity contribution < 1.29 is 5.11 Å². The van der Waals surface area contributed by atoms with Crippen molar-refractivity contribution in [3.63, 3.8) is 0 Å². The summed E-state index contributed by atoms with van der Waals surface area (Å²) in [6, 6.07) is 16.0. The minimum atomic E-state index is 0.188. The zero-order valence-corrected chi connectivity index (χ0v) is 18.5. The molecule has 0 aliphatic carbocycles. The number of phenols is 1. The number of para-hydroxylation sites is 1. The number of nitrogens with one attached hydrogen (secondary N) is 1. The highest BCUT2D eigenvalue weighted by atomic mass is 16.3. The Morgan fingerprint density at radius 2 is 1.73 bits per heavy atom. The molecule has 168 valence electrons. The van der Waals surface area contributed by atoms with Crippen LogP contribution in [0.1, 0.15) is 16.7 Å². The van der Waals surface area contributed by atoms with E-state index in [-0.39, 0.29) is 5.75 Å². The van der Waals surface area contributed by atoms with Crippen LogP contribution in [0.25, 0.3) is 23.1 Å². The van der Waals surface area contributed by atoms with Crippen molar-refractivity contribution in [3.8, 4) is 17.0 Å². The van der Waals surface area contributed by atoms with Crippen LogP contribution in [0.2, 0.25) is 0 Å². The summed E-state index contributed by atoms with van der Waals surface area (Å²) in [5.41, 5.74) is 10.9. The number of rotatable bonds is 6. The van der Waals surface area contributed by atoms with Gasteiger partial charge in [0.15, 0.2) is 0 Å². The molecule has 33 heavy (non-hydrogen) atoms. The number of nitrogens with two attached hydrogens (primary N) is 1. The first-order valence-corrected chi connectivity index (χ1v) is 11.3. The van der Waals surface area contributed by atoms with Gasteiger partial charge in [-0.2, -0.15) is 4.98 Å². The Kier molecular flexibility index (Phi) is 6.06. The van der Waals surface area contributed by atoms with Crippen LogP contribution in [-0.4, -0.2) is 50.6 Å². The van der Waals surface area contributed by atoms with Crippen molar-refractivity contribution >= 4 is 17.7 Å². The minimum Gasteiger partial charge on any atom is -0.507 e. The normalized spacial score (nSPS) is 14.9. The fourth-order valence-electron chi connectivity index (χ4n) is 4.13. The molecule has 0 bridgehead atoms. The molecule has 3 heterocycles. The highest BCUT2D eigenvalue weighted by Crippen LogP contribution is 2.28. The summed E-state index contributed by atoms with van der Waals surface area (Å²) >= 11 is 0. The van der Waals surface area contributed by atoms with Crippen LogP contribution in [0.5, 0.6) is 5.75 Å². The monoisotopic (exact) mass is 440 g/mol.